The number of benzene rings is 1. The number of carbonyl (C=O) groups excluding carboxylic acids is 2. The van der Waals surface area contributed by atoms with Gasteiger partial charge >= 0.3 is 0 Å². The van der Waals surface area contributed by atoms with Crippen molar-refractivity contribution in [1.29, 1.82) is 0 Å². The summed E-state index contributed by atoms with van der Waals surface area (Å²) >= 11 is 1.09. The van der Waals surface area contributed by atoms with Gasteiger partial charge in [0.15, 0.2) is 5.69 Å². The van der Waals surface area contributed by atoms with Gasteiger partial charge in [-0.25, -0.2) is 0 Å². The molecule has 0 aliphatic rings. The van der Waals surface area contributed by atoms with Crippen LogP contribution in [-0.4, -0.2) is 31.8 Å². The number of nitrogens with one attached hydrogen (secondary N) is 1. The van der Waals surface area contributed by atoms with Gasteiger partial charge in [0.05, 0.1) is 12.8 Å². The average molecular weight is 441 g/mol. The van der Waals surface area contributed by atoms with Crippen molar-refractivity contribution < 1.29 is 14.0 Å². The van der Waals surface area contributed by atoms with Crippen LogP contribution in [0.25, 0.3) is 0 Å². The molecule has 0 fully saturated rings. The molecule has 0 aliphatic heterocycles. The Kier molecular flexibility index (Phi) is 6.90. The number of nitrogens with zero attached hydrogens (tertiary/aromatic N) is 3. The highest BCUT2D eigenvalue weighted by atomic mass is 32.1. The lowest BCUT2D eigenvalue weighted by atomic mass is 9.96. The molecule has 0 saturated carbocycles. The van der Waals surface area contributed by atoms with E-state index < -0.39 is 11.6 Å². The van der Waals surface area contributed by atoms with Crippen molar-refractivity contribution in [1.82, 2.24) is 19.8 Å². The Balaban J connectivity index is 2.06. The molecule has 1 aromatic carbocycles. The fourth-order valence-electron chi connectivity index (χ4n) is 3.23. The smallest absolute Gasteiger partial charge is 0.276 e. The Morgan fingerprint density at radius 2 is 1.81 bits per heavy atom. The zero-order chi connectivity index (χ0) is 22.6. The molecule has 31 heavy (non-hydrogen) atoms. The first-order chi connectivity index (χ1) is 14.7. The summed E-state index contributed by atoms with van der Waals surface area (Å²) < 4.78 is 9.30. The summed E-state index contributed by atoms with van der Waals surface area (Å²) in [5, 5.41) is 8.53. The quantitative estimate of drug-likeness (QED) is 0.582. The van der Waals surface area contributed by atoms with Crippen molar-refractivity contribution >= 4 is 23.3 Å². The van der Waals surface area contributed by atoms with Crippen molar-refractivity contribution in [3.05, 3.63) is 70.6 Å². The Morgan fingerprint density at radius 1 is 1.13 bits per heavy atom. The maximum Gasteiger partial charge on any atom is 0.276 e. The summed E-state index contributed by atoms with van der Waals surface area (Å²) in [5.41, 5.74) is 1.61. The molecule has 0 bridgehead atoms. The second kappa shape index (κ2) is 9.43. The van der Waals surface area contributed by atoms with Gasteiger partial charge in [0.1, 0.15) is 11.8 Å². The van der Waals surface area contributed by atoms with Crippen LogP contribution in [0.3, 0.4) is 0 Å². The minimum Gasteiger partial charge on any atom is -0.467 e. The molecule has 1 N–H and O–H groups in total. The van der Waals surface area contributed by atoms with Gasteiger partial charge in [0.2, 0.25) is 5.91 Å². The Hall–Kier alpha value is -3.00. The van der Waals surface area contributed by atoms with E-state index in [9.17, 15) is 9.59 Å². The fraction of sp³-hybridized carbons (Fsp3) is 0.391. The van der Waals surface area contributed by atoms with Gasteiger partial charge in [0.25, 0.3) is 5.91 Å². The number of hydrogen-bond acceptors (Lipinski definition) is 6. The molecule has 164 valence electrons. The third-order valence-corrected chi connectivity index (χ3v) is 5.23. The van der Waals surface area contributed by atoms with E-state index in [4.69, 9.17) is 4.42 Å². The first kappa shape index (κ1) is 22.7. The highest BCUT2D eigenvalue weighted by molar-refractivity contribution is 7.03. The topological polar surface area (TPSA) is 88.3 Å². The third-order valence-electron chi connectivity index (χ3n) is 4.72. The van der Waals surface area contributed by atoms with Crippen LogP contribution in [0.5, 0.6) is 0 Å². The highest BCUT2D eigenvalue weighted by Gasteiger charge is 2.35. The second-order valence-corrected chi connectivity index (χ2v) is 9.38. The van der Waals surface area contributed by atoms with Gasteiger partial charge in [0, 0.05) is 10.9 Å². The highest BCUT2D eigenvalue weighted by Crippen LogP contribution is 2.28. The normalized spacial score (nSPS) is 12.6. The number of amides is 2. The summed E-state index contributed by atoms with van der Waals surface area (Å²) in [6.07, 6.45) is 1.55. The molecule has 7 nitrogen and oxygen atoms in total. The minimum atomic E-state index is -0.861. The summed E-state index contributed by atoms with van der Waals surface area (Å²) in [5.74, 6) is 0.279. The zero-order valence-corrected chi connectivity index (χ0v) is 19.3. The average Bonchev–Trinajstić information content (AvgIpc) is 3.40. The van der Waals surface area contributed by atoms with Gasteiger partial charge in [-0.2, -0.15) is 0 Å². The minimum absolute atomic E-state index is 0.123. The lowest BCUT2D eigenvalue weighted by Gasteiger charge is -2.33. The first-order valence-corrected chi connectivity index (χ1v) is 11.0. The number of rotatable bonds is 7. The van der Waals surface area contributed by atoms with Crippen LogP contribution in [0, 0.1) is 0 Å². The molecular weight excluding hydrogens is 412 g/mol. The fourth-order valence-corrected chi connectivity index (χ4v) is 3.66. The molecule has 0 radical (unpaired) electrons. The zero-order valence-electron chi connectivity index (χ0n) is 18.5. The van der Waals surface area contributed by atoms with E-state index in [2.05, 4.69) is 28.8 Å². The van der Waals surface area contributed by atoms with E-state index >= 15 is 0 Å². The van der Waals surface area contributed by atoms with Crippen molar-refractivity contribution in [2.75, 3.05) is 0 Å². The van der Waals surface area contributed by atoms with Crippen molar-refractivity contribution in [3.63, 3.8) is 0 Å². The van der Waals surface area contributed by atoms with Crippen LogP contribution < -0.4 is 5.32 Å². The van der Waals surface area contributed by atoms with Crippen molar-refractivity contribution in [3.8, 4) is 0 Å². The molecule has 1 atom stereocenters. The molecule has 0 spiro atoms. The summed E-state index contributed by atoms with van der Waals surface area (Å²) in [6.45, 7) is 10.1. The van der Waals surface area contributed by atoms with Gasteiger partial charge in [-0.15, -0.1) is 5.10 Å². The Bertz CT molecular complexity index is 991. The lowest BCUT2D eigenvalue weighted by Crippen LogP contribution is -2.49. The van der Waals surface area contributed by atoms with Gasteiger partial charge in [-0.1, -0.05) is 42.6 Å². The summed E-state index contributed by atoms with van der Waals surface area (Å²) in [6, 6.07) is 10.5. The molecule has 8 heteroatoms. The number of carbonyl (C=O) groups is 2. The van der Waals surface area contributed by atoms with Crippen LogP contribution in [0.2, 0.25) is 0 Å². The molecule has 3 rings (SSSR count). The maximum atomic E-state index is 13.5. The predicted octanol–water partition coefficient (Wildman–Crippen LogP) is 4.55. The van der Waals surface area contributed by atoms with Crippen molar-refractivity contribution in [2.24, 2.45) is 0 Å². The van der Waals surface area contributed by atoms with Crippen LogP contribution in [-0.2, 0) is 11.3 Å². The largest absolute Gasteiger partial charge is 0.467 e. The molecule has 1 unspecified atom stereocenters. The van der Waals surface area contributed by atoms with Gasteiger partial charge < -0.3 is 14.6 Å². The molecule has 2 heterocycles. The number of aromatic nitrogens is 2. The second-order valence-electron chi connectivity index (χ2n) is 8.77. The summed E-state index contributed by atoms with van der Waals surface area (Å²) in [4.78, 5) is 28.3. The monoisotopic (exact) mass is 440 g/mol. The van der Waals surface area contributed by atoms with E-state index in [1.165, 1.54) is 4.90 Å². The summed E-state index contributed by atoms with van der Waals surface area (Å²) in [7, 11) is 0. The van der Waals surface area contributed by atoms with E-state index in [1.807, 2.05) is 45.0 Å². The third kappa shape index (κ3) is 5.79. The van der Waals surface area contributed by atoms with Gasteiger partial charge in [-0.3, -0.25) is 9.59 Å². The Labute approximate surface area is 186 Å². The van der Waals surface area contributed by atoms with E-state index in [1.54, 1.807) is 23.8 Å². The molecule has 2 aromatic heterocycles. The van der Waals surface area contributed by atoms with Crippen molar-refractivity contribution in [2.45, 2.75) is 58.7 Å². The molecule has 3 aromatic rings. The van der Waals surface area contributed by atoms with Crippen LogP contribution in [0.15, 0.2) is 52.5 Å². The molecule has 2 amide bonds. The Morgan fingerprint density at radius 3 is 2.32 bits per heavy atom. The first-order valence-electron chi connectivity index (χ1n) is 10.2. The van der Waals surface area contributed by atoms with Crippen LogP contribution >= 0.6 is 11.5 Å². The van der Waals surface area contributed by atoms with E-state index in [0.29, 0.717) is 17.2 Å². The van der Waals surface area contributed by atoms with E-state index in [-0.39, 0.29) is 24.1 Å². The molecular formula is C23H28N4O3S. The predicted molar refractivity (Wildman–Crippen MR) is 120 cm³/mol. The molecule has 0 aliphatic carbocycles. The maximum absolute atomic E-state index is 13.5. The van der Waals surface area contributed by atoms with E-state index in [0.717, 1.165) is 17.1 Å². The lowest BCUT2D eigenvalue weighted by molar-refractivity contribution is -0.127. The SMILES string of the molecule is CC(C)c1ccc(C(C(=O)NC(C)(C)C)N(Cc2ccco2)C(=O)c2csnn2)cc1. The van der Waals surface area contributed by atoms with Gasteiger partial charge in [-0.05, 0) is 61.5 Å². The number of hydrogen-bond donors (Lipinski definition) is 1. The van der Waals surface area contributed by atoms with Crippen LogP contribution in [0.4, 0.5) is 0 Å². The standard InChI is InChI=1S/C23H28N4O3S/c1-15(2)16-8-10-17(11-9-16)20(21(28)24-23(3,4)5)27(13-18-7-6-12-30-18)22(29)19-14-31-26-25-19/h6-12,14-15,20H,13H2,1-5H3,(H,24,28). The molecule has 0 saturated heterocycles. The van der Waals surface area contributed by atoms with Crippen LogP contribution in [0.1, 0.15) is 74.0 Å². The number of furan rings is 1.